The normalized spacial score (nSPS) is 10.5. The van der Waals surface area contributed by atoms with E-state index in [-0.39, 0.29) is 5.56 Å². The van der Waals surface area contributed by atoms with E-state index in [0.29, 0.717) is 18.7 Å². The molecular weight excluding hydrogens is 264 g/mol. The minimum absolute atomic E-state index is 0.0298. The molecule has 21 heavy (non-hydrogen) atoms. The molecule has 1 N–H and O–H groups in total. The number of aromatic amines is 1. The second-order valence-corrected chi connectivity index (χ2v) is 4.67. The van der Waals surface area contributed by atoms with Crippen LogP contribution in [0.1, 0.15) is 0 Å². The van der Waals surface area contributed by atoms with E-state index in [1.54, 1.807) is 10.9 Å². The lowest BCUT2D eigenvalue weighted by molar-refractivity contribution is 0.289. The Morgan fingerprint density at radius 3 is 2.33 bits per heavy atom. The maximum Gasteiger partial charge on any atom is 0.274 e. The number of para-hydroxylation sites is 1. The van der Waals surface area contributed by atoms with Gasteiger partial charge >= 0.3 is 0 Å². The molecule has 0 unspecified atom stereocenters. The van der Waals surface area contributed by atoms with Gasteiger partial charge in [0.05, 0.1) is 12.1 Å². The number of benzene rings is 2. The third-order valence-electron chi connectivity index (χ3n) is 3.25. The van der Waals surface area contributed by atoms with Crippen molar-refractivity contribution in [1.29, 1.82) is 0 Å². The summed E-state index contributed by atoms with van der Waals surface area (Å²) >= 11 is 0. The molecule has 1 aromatic heterocycles. The fourth-order valence-corrected chi connectivity index (χ4v) is 2.17. The maximum absolute atomic E-state index is 12.3. The summed E-state index contributed by atoms with van der Waals surface area (Å²) in [6.07, 6.45) is 1.74. The lowest BCUT2D eigenvalue weighted by atomic mass is 10.1. The monoisotopic (exact) mass is 280 g/mol. The molecule has 4 nitrogen and oxygen atoms in total. The largest absolute Gasteiger partial charge is 0.492 e. The molecule has 0 spiro atoms. The zero-order chi connectivity index (χ0) is 14.5. The summed E-state index contributed by atoms with van der Waals surface area (Å²) < 4.78 is 7.16. The Bertz CT molecular complexity index is 745. The van der Waals surface area contributed by atoms with Gasteiger partial charge in [0.2, 0.25) is 0 Å². The molecule has 0 amide bonds. The van der Waals surface area contributed by atoms with Gasteiger partial charge in [-0.15, -0.1) is 0 Å². The van der Waals surface area contributed by atoms with Crippen LogP contribution in [0.15, 0.2) is 71.7 Å². The van der Waals surface area contributed by atoms with Crippen LogP contribution in [0.2, 0.25) is 0 Å². The van der Waals surface area contributed by atoms with Gasteiger partial charge < -0.3 is 9.84 Å². The topological polar surface area (TPSA) is 47.0 Å². The van der Waals surface area contributed by atoms with Crippen LogP contribution in [0.4, 0.5) is 0 Å². The van der Waals surface area contributed by atoms with Gasteiger partial charge in [0.25, 0.3) is 5.56 Å². The summed E-state index contributed by atoms with van der Waals surface area (Å²) in [5, 5.41) is 2.98. The van der Waals surface area contributed by atoms with Crippen LogP contribution in [0, 0.1) is 0 Å². The first kappa shape index (κ1) is 13.2. The fraction of sp³-hybridized carbons (Fsp3) is 0.118. The summed E-state index contributed by atoms with van der Waals surface area (Å²) in [6, 6.07) is 19.2. The van der Waals surface area contributed by atoms with Crippen LogP contribution in [-0.4, -0.2) is 16.4 Å². The average molecular weight is 280 g/mol. The summed E-state index contributed by atoms with van der Waals surface area (Å²) in [4.78, 5) is 12.3. The van der Waals surface area contributed by atoms with Crippen LogP contribution < -0.4 is 10.3 Å². The van der Waals surface area contributed by atoms with Gasteiger partial charge in [-0.25, -0.2) is 4.68 Å². The molecule has 3 rings (SSSR count). The van der Waals surface area contributed by atoms with Gasteiger partial charge in [-0.3, -0.25) is 4.79 Å². The van der Waals surface area contributed by atoms with E-state index in [1.807, 2.05) is 60.7 Å². The van der Waals surface area contributed by atoms with Crippen molar-refractivity contribution in [3.05, 3.63) is 77.2 Å². The number of hydrogen-bond donors (Lipinski definition) is 1. The maximum atomic E-state index is 12.3. The van der Waals surface area contributed by atoms with E-state index in [4.69, 9.17) is 4.74 Å². The quantitative estimate of drug-likeness (QED) is 0.781. The molecule has 4 heteroatoms. The Morgan fingerprint density at radius 1 is 0.952 bits per heavy atom. The molecule has 3 aromatic rings. The Hall–Kier alpha value is -2.75. The Balaban J connectivity index is 1.68. The SMILES string of the molecule is O=c1c(-c2ccccc2)c[nH]n1CCOc1ccccc1. The highest BCUT2D eigenvalue weighted by Crippen LogP contribution is 2.13. The van der Waals surface area contributed by atoms with E-state index >= 15 is 0 Å². The first-order chi connectivity index (χ1) is 10.3. The number of aromatic nitrogens is 2. The molecule has 106 valence electrons. The smallest absolute Gasteiger partial charge is 0.274 e. The highest BCUT2D eigenvalue weighted by molar-refractivity contribution is 5.61. The van der Waals surface area contributed by atoms with Gasteiger partial charge in [-0.05, 0) is 17.7 Å². The molecule has 1 heterocycles. The summed E-state index contributed by atoms with van der Waals surface area (Å²) in [6.45, 7) is 0.930. The van der Waals surface area contributed by atoms with Gasteiger partial charge in [0, 0.05) is 6.20 Å². The van der Waals surface area contributed by atoms with Gasteiger partial charge in [0.15, 0.2) is 0 Å². The van der Waals surface area contributed by atoms with Gasteiger partial charge in [0.1, 0.15) is 12.4 Å². The Kier molecular flexibility index (Phi) is 3.87. The molecule has 0 atom stereocenters. The molecule has 0 fully saturated rings. The van der Waals surface area contributed by atoms with Crippen molar-refractivity contribution in [2.75, 3.05) is 6.61 Å². The van der Waals surface area contributed by atoms with Crippen molar-refractivity contribution in [2.45, 2.75) is 6.54 Å². The number of rotatable bonds is 5. The number of nitrogens with one attached hydrogen (secondary N) is 1. The minimum Gasteiger partial charge on any atom is -0.492 e. The second kappa shape index (κ2) is 6.13. The standard InChI is InChI=1S/C17H16N2O2/c20-17-16(14-7-3-1-4-8-14)13-18-19(17)11-12-21-15-9-5-2-6-10-15/h1-10,13,18H,11-12H2. The molecule has 0 aliphatic heterocycles. The number of H-pyrrole nitrogens is 1. The average Bonchev–Trinajstić information content (AvgIpc) is 2.90. The molecule has 0 saturated heterocycles. The Labute approximate surface area is 122 Å². The van der Waals surface area contributed by atoms with Crippen LogP contribution in [-0.2, 0) is 6.54 Å². The van der Waals surface area contributed by atoms with Crippen LogP contribution in [0.3, 0.4) is 0 Å². The van der Waals surface area contributed by atoms with E-state index < -0.39 is 0 Å². The van der Waals surface area contributed by atoms with Crippen LogP contribution in [0.5, 0.6) is 5.75 Å². The third-order valence-corrected chi connectivity index (χ3v) is 3.25. The van der Waals surface area contributed by atoms with Crippen LogP contribution >= 0.6 is 0 Å². The zero-order valence-corrected chi connectivity index (χ0v) is 11.5. The summed E-state index contributed by atoms with van der Waals surface area (Å²) in [7, 11) is 0. The molecule has 0 saturated carbocycles. The van der Waals surface area contributed by atoms with Gasteiger partial charge in [-0.1, -0.05) is 48.5 Å². The van der Waals surface area contributed by atoms with Crippen molar-refractivity contribution < 1.29 is 4.74 Å². The first-order valence-electron chi connectivity index (χ1n) is 6.86. The molecule has 0 radical (unpaired) electrons. The predicted octanol–water partition coefficient (Wildman–Crippen LogP) is 2.92. The van der Waals surface area contributed by atoms with Crippen molar-refractivity contribution >= 4 is 0 Å². The van der Waals surface area contributed by atoms with Crippen molar-refractivity contribution in [3.8, 4) is 16.9 Å². The van der Waals surface area contributed by atoms with E-state index in [9.17, 15) is 4.79 Å². The van der Waals surface area contributed by atoms with Crippen molar-refractivity contribution in [2.24, 2.45) is 0 Å². The predicted molar refractivity (Wildman–Crippen MR) is 82.4 cm³/mol. The number of nitrogens with zero attached hydrogens (tertiary/aromatic N) is 1. The zero-order valence-electron chi connectivity index (χ0n) is 11.5. The fourth-order valence-electron chi connectivity index (χ4n) is 2.17. The molecular formula is C17H16N2O2. The molecule has 0 bridgehead atoms. The second-order valence-electron chi connectivity index (χ2n) is 4.67. The van der Waals surface area contributed by atoms with Crippen molar-refractivity contribution in [3.63, 3.8) is 0 Å². The highest BCUT2D eigenvalue weighted by Gasteiger charge is 2.07. The lowest BCUT2D eigenvalue weighted by Gasteiger charge is -2.05. The molecule has 0 aliphatic carbocycles. The number of hydrogen-bond acceptors (Lipinski definition) is 2. The minimum atomic E-state index is -0.0298. The van der Waals surface area contributed by atoms with E-state index in [1.165, 1.54) is 0 Å². The third kappa shape index (κ3) is 3.05. The van der Waals surface area contributed by atoms with Crippen LogP contribution in [0.25, 0.3) is 11.1 Å². The van der Waals surface area contributed by atoms with Crippen molar-refractivity contribution in [1.82, 2.24) is 9.78 Å². The summed E-state index contributed by atoms with van der Waals surface area (Å²) in [5.41, 5.74) is 1.56. The Morgan fingerprint density at radius 2 is 1.62 bits per heavy atom. The molecule has 2 aromatic carbocycles. The first-order valence-corrected chi connectivity index (χ1v) is 6.86. The van der Waals surface area contributed by atoms with E-state index in [0.717, 1.165) is 11.3 Å². The molecule has 0 aliphatic rings. The summed E-state index contributed by atoms with van der Waals surface area (Å²) in [5.74, 6) is 0.806. The number of ether oxygens (including phenoxy) is 1. The highest BCUT2D eigenvalue weighted by atomic mass is 16.5. The van der Waals surface area contributed by atoms with Gasteiger partial charge in [-0.2, -0.15) is 0 Å². The van der Waals surface area contributed by atoms with E-state index in [2.05, 4.69) is 5.10 Å². The lowest BCUT2D eigenvalue weighted by Crippen LogP contribution is -2.21.